The molecule has 2 aromatic carbocycles. The quantitative estimate of drug-likeness (QED) is 0.365. The highest BCUT2D eigenvalue weighted by atomic mass is 16.6. The number of carbonyl (C=O) groups excluding carboxylic acids is 2. The van der Waals surface area contributed by atoms with Crippen LogP contribution in [0.1, 0.15) is 23.2 Å². The average Bonchev–Trinajstić information content (AvgIpc) is 2.69. The molecule has 0 radical (unpaired) electrons. The van der Waals surface area contributed by atoms with Gasteiger partial charge in [-0.2, -0.15) is 0 Å². The molecule has 28 heavy (non-hydrogen) atoms. The molecule has 2 rings (SSSR count). The fraction of sp³-hybridized carbons (Fsp3) is 0.263. The molecule has 0 aliphatic rings. The molecule has 2 aromatic rings. The van der Waals surface area contributed by atoms with Crippen molar-refractivity contribution < 1.29 is 14.5 Å². The number of non-ortho nitro benzene ring substituents is 1. The minimum atomic E-state index is -0.459. The Balaban J connectivity index is 1.69. The van der Waals surface area contributed by atoms with Crippen LogP contribution in [0.3, 0.4) is 0 Å². The van der Waals surface area contributed by atoms with Crippen LogP contribution in [0.5, 0.6) is 0 Å². The average molecular weight is 385 g/mol. The Morgan fingerprint density at radius 2 is 1.79 bits per heavy atom. The van der Waals surface area contributed by atoms with Crippen molar-refractivity contribution in [3.05, 3.63) is 64.2 Å². The van der Waals surface area contributed by atoms with E-state index in [1.54, 1.807) is 30.3 Å². The van der Waals surface area contributed by atoms with E-state index < -0.39 is 4.92 Å². The van der Waals surface area contributed by atoms with E-state index in [2.05, 4.69) is 16.2 Å². The lowest BCUT2D eigenvalue weighted by Gasteiger charge is -2.13. The minimum absolute atomic E-state index is 0.0248. The number of carbonyl (C=O) groups is 2. The third-order valence-electron chi connectivity index (χ3n) is 3.93. The van der Waals surface area contributed by atoms with Gasteiger partial charge < -0.3 is 10.2 Å². The lowest BCUT2D eigenvalue weighted by molar-refractivity contribution is -0.384. The zero-order valence-corrected chi connectivity index (χ0v) is 15.8. The number of nitro groups is 1. The molecule has 0 aromatic heterocycles. The molecule has 2 amide bonds. The first-order valence-corrected chi connectivity index (χ1v) is 8.71. The molecule has 0 fully saturated rings. The molecular weight excluding hydrogens is 362 g/mol. The number of hydrogen-bond donors (Lipinski definition) is 3. The highest BCUT2D eigenvalue weighted by molar-refractivity contribution is 5.96. The smallest absolute Gasteiger partial charge is 0.269 e. The Bertz CT molecular complexity index is 836. The zero-order chi connectivity index (χ0) is 20.5. The fourth-order valence-electron chi connectivity index (χ4n) is 2.37. The maximum atomic E-state index is 12.1. The summed E-state index contributed by atoms with van der Waals surface area (Å²) in [5.74, 6) is -0.691. The molecule has 0 spiro atoms. The lowest BCUT2D eigenvalue weighted by Crippen LogP contribution is -2.41. The lowest BCUT2D eigenvalue weighted by atomic mass is 10.2. The Kier molecular flexibility index (Phi) is 7.32. The van der Waals surface area contributed by atoms with Gasteiger partial charge in [-0.1, -0.05) is 6.07 Å². The van der Waals surface area contributed by atoms with Crippen LogP contribution in [0.25, 0.3) is 0 Å². The maximum Gasteiger partial charge on any atom is 0.269 e. The Morgan fingerprint density at radius 1 is 1.07 bits per heavy atom. The van der Waals surface area contributed by atoms with Crippen molar-refractivity contribution in [1.29, 1.82) is 0 Å². The van der Waals surface area contributed by atoms with Crippen molar-refractivity contribution >= 4 is 28.9 Å². The molecule has 0 saturated carbocycles. The van der Waals surface area contributed by atoms with E-state index in [9.17, 15) is 19.7 Å². The number of rotatable bonds is 8. The van der Waals surface area contributed by atoms with Gasteiger partial charge in [0.1, 0.15) is 0 Å². The van der Waals surface area contributed by atoms with Gasteiger partial charge in [-0.3, -0.25) is 30.6 Å². The Hall–Kier alpha value is -3.62. The molecule has 0 unspecified atom stereocenters. The van der Waals surface area contributed by atoms with Gasteiger partial charge in [0, 0.05) is 56.1 Å². The standard InChI is InChI=1S/C19H23N5O4/c1-23(2)17-6-3-5-14(13-17)19(26)22-21-18(25)7-4-12-20-15-8-10-16(11-9-15)24(27)28/h3,5-6,8-11,13,20H,4,7,12H2,1-2H3,(H,21,25)(H,22,26). The molecule has 0 atom stereocenters. The van der Waals surface area contributed by atoms with E-state index in [1.165, 1.54) is 12.1 Å². The van der Waals surface area contributed by atoms with Crippen molar-refractivity contribution in [2.45, 2.75) is 12.8 Å². The SMILES string of the molecule is CN(C)c1cccc(C(=O)NNC(=O)CCCNc2ccc([N+](=O)[O-])cc2)c1. The summed E-state index contributed by atoms with van der Waals surface area (Å²) in [6.07, 6.45) is 0.757. The van der Waals surface area contributed by atoms with Gasteiger partial charge in [-0.25, -0.2) is 0 Å². The van der Waals surface area contributed by atoms with Crippen molar-refractivity contribution in [2.24, 2.45) is 0 Å². The van der Waals surface area contributed by atoms with Crippen LogP contribution in [0.2, 0.25) is 0 Å². The molecule has 0 saturated heterocycles. The molecule has 0 heterocycles. The van der Waals surface area contributed by atoms with Gasteiger partial charge in [0.25, 0.3) is 11.6 Å². The number of benzene rings is 2. The minimum Gasteiger partial charge on any atom is -0.385 e. The summed E-state index contributed by atoms with van der Waals surface area (Å²) in [4.78, 5) is 36.0. The number of nitrogens with zero attached hydrogens (tertiary/aromatic N) is 2. The van der Waals surface area contributed by atoms with Crippen LogP contribution in [0.4, 0.5) is 17.1 Å². The number of hydrogen-bond acceptors (Lipinski definition) is 6. The van der Waals surface area contributed by atoms with Gasteiger partial charge in [-0.05, 0) is 36.8 Å². The van der Waals surface area contributed by atoms with Crippen LogP contribution < -0.4 is 21.1 Å². The van der Waals surface area contributed by atoms with Crippen molar-refractivity contribution in [2.75, 3.05) is 30.9 Å². The molecule has 3 N–H and O–H groups in total. The number of anilines is 2. The van der Waals surface area contributed by atoms with E-state index in [0.29, 0.717) is 18.5 Å². The Morgan fingerprint density at radius 3 is 2.43 bits per heavy atom. The van der Waals surface area contributed by atoms with Crippen molar-refractivity contribution in [3.8, 4) is 0 Å². The highest BCUT2D eigenvalue weighted by Gasteiger charge is 2.09. The zero-order valence-electron chi connectivity index (χ0n) is 15.8. The molecule has 9 heteroatoms. The van der Waals surface area contributed by atoms with Crippen LogP contribution in [0, 0.1) is 10.1 Å². The van der Waals surface area contributed by atoms with Gasteiger partial charge in [0.2, 0.25) is 5.91 Å². The van der Waals surface area contributed by atoms with Crippen LogP contribution in [-0.4, -0.2) is 37.4 Å². The van der Waals surface area contributed by atoms with Crippen LogP contribution in [-0.2, 0) is 4.79 Å². The number of nitro benzene ring substituents is 1. The molecule has 0 bridgehead atoms. The second-order valence-corrected chi connectivity index (χ2v) is 6.28. The second kappa shape index (κ2) is 9.91. The summed E-state index contributed by atoms with van der Waals surface area (Å²) in [7, 11) is 3.76. The molecular formula is C19H23N5O4. The first kappa shape index (κ1) is 20.7. The third kappa shape index (κ3) is 6.27. The summed E-state index contributed by atoms with van der Waals surface area (Å²) in [6.45, 7) is 0.518. The molecule has 9 nitrogen and oxygen atoms in total. The summed E-state index contributed by atoms with van der Waals surface area (Å²) < 4.78 is 0. The first-order valence-electron chi connectivity index (χ1n) is 8.71. The van der Waals surface area contributed by atoms with Gasteiger partial charge >= 0.3 is 0 Å². The predicted octanol–water partition coefficient (Wildman–Crippen LogP) is 2.31. The van der Waals surface area contributed by atoms with Gasteiger partial charge in [0.15, 0.2) is 0 Å². The van der Waals surface area contributed by atoms with E-state index in [4.69, 9.17) is 0 Å². The van der Waals surface area contributed by atoms with Gasteiger partial charge in [0.05, 0.1) is 4.92 Å². The molecule has 0 aliphatic heterocycles. The number of nitrogens with one attached hydrogen (secondary N) is 3. The van der Waals surface area contributed by atoms with Crippen molar-refractivity contribution in [1.82, 2.24) is 10.9 Å². The predicted molar refractivity (Wildman–Crippen MR) is 107 cm³/mol. The van der Waals surface area contributed by atoms with Crippen LogP contribution >= 0.6 is 0 Å². The highest BCUT2D eigenvalue weighted by Crippen LogP contribution is 2.15. The second-order valence-electron chi connectivity index (χ2n) is 6.28. The summed E-state index contributed by atoms with van der Waals surface area (Å²) in [5.41, 5.74) is 6.89. The summed E-state index contributed by atoms with van der Waals surface area (Å²) in [5, 5.41) is 13.7. The normalized spacial score (nSPS) is 10.1. The maximum absolute atomic E-state index is 12.1. The van der Waals surface area contributed by atoms with E-state index in [-0.39, 0.29) is 23.9 Å². The van der Waals surface area contributed by atoms with Crippen LogP contribution in [0.15, 0.2) is 48.5 Å². The Labute approximate surface area is 162 Å². The van der Waals surface area contributed by atoms with Gasteiger partial charge in [-0.15, -0.1) is 0 Å². The largest absolute Gasteiger partial charge is 0.385 e. The van der Waals surface area contributed by atoms with E-state index in [1.807, 2.05) is 25.1 Å². The topological polar surface area (TPSA) is 117 Å². The number of hydrazine groups is 1. The van der Waals surface area contributed by atoms with E-state index in [0.717, 1.165) is 11.4 Å². The molecule has 148 valence electrons. The summed E-state index contributed by atoms with van der Waals surface area (Å²) >= 11 is 0. The summed E-state index contributed by atoms with van der Waals surface area (Å²) in [6, 6.07) is 13.1. The monoisotopic (exact) mass is 385 g/mol. The fourth-order valence-corrected chi connectivity index (χ4v) is 2.37. The first-order chi connectivity index (χ1) is 13.4. The third-order valence-corrected chi connectivity index (χ3v) is 3.93. The number of amides is 2. The van der Waals surface area contributed by atoms with E-state index >= 15 is 0 Å². The van der Waals surface area contributed by atoms with Crippen molar-refractivity contribution in [3.63, 3.8) is 0 Å². The molecule has 0 aliphatic carbocycles.